The van der Waals surface area contributed by atoms with Crippen LogP contribution in [0.1, 0.15) is 31.7 Å². The third-order valence-electron chi connectivity index (χ3n) is 4.07. The van der Waals surface area contributed by atoms with Gasteiger partial charge in [-0.3, -0.25) is 4.79 Å². The minimum absolute atomic E-state index is 0.159. The maximum absolute atomic E-state index is 12.7. The van der Waals surface area contributed by atoms with Gasteiger partial charge in [-0.15, -0.1) is 10.2 Å². The Morgan fingerprint density at radius 2 is 2.12 bits per heavy atom. The average Bonchev–Trinajstić information content (AvgIpc) is 3.41. The van der Waals surface area contributed by atoms with Gasteiger partial charge in [-0.1, -0.05) is 42.2 Å². The summed E-state index contributed by atoms with van der Waals surface area (Å²) in [4.78, 5) is 14.7. The fraction of sp³-hybridized carbons (Fsp3) is 0.500. The van der Waals surface area contributed by atoms with E-state index in [0.717, 1.165) is 46.6 Å². The molecule has 1 aliphatic carbocycles. The predicted octanol–water partition coefficient (Wildman–Crippen LogP) is 3.65. The molecule has 0 atom stereocenters. The van der Waals surface area contributed by atoms with E-state index in [1.807, 2.05) is 29.2 Å². The Balaban J connectivity index is 1.54. The van der Waals surface area contributed by atoms with Crippen molar-refractivity contribution in [3.8, 4) is 5.75 Å². The van der Waals surface area contributed by atoms with E-state index in [1.165, 1.54) is 23.1 Å². The van der Waals surface area contributed by atoms with Crippen LogP contribution in [0, 0.1) is 0 Å². The van der Waals surface area contributed by atoms with Crippen LogP contribution in [0.15, 0.2) is 28.6 Å². The Bertz CT molecular complexity index is 716. The Morgan fingerprint density at radius 3 is 2.77 bits per heavy atom. The summed E-state index contributed by atoms with van der Waals surface area (Å²) in [6.07, 6.45) is 3.23. The molecule has 6 nitrogen and oxygen atoms in total. The van der Waals surface area contributed by atoms with Gasteiger partial charge in [0.1, 0.15) is 5.75 Å². The molecule has 8 heteroatoms. The van der Waals surface area contributed by atoms with Crippen LogP contribution < -0.4 is 10.1 Å². The first-order chi connectivity index (χ1) is 12.7. The smallest absolute Gasteiger partial charge is 0.233 e. The van der Waals surface area contributed by atoms with E-state index in [1.54, 1.807) is 7.11 Å². The summed E-state index contributed by atoms with van der Waals surface area (Å²) in [6, 6.07) is 8.29. The molecule has 2 aromatic rings. The largest absolute Gasteiger partial charge is 0.497 e. The van der Waals surface area contributed by atoms with Crippen molar-refractivity contribution in [1.29, 1.82) is 0 Å². The second-order valence-electron chi connectivity index (χ2n) is 6.19. The molecule has 1 heterocycles. The highest BCUT2D eigenvalue weighted by atomic mass is 32.2. The molecular weight excluding hydrogens is 368 g/mol. The number of methoxy groups -OCH3 is 1. The molecule has 26 heavy (non-hydrogen) atoms. The maximum Gasteiger partial charge on any atom is 0.233 e. The first-order valence-electron chi connectivity index (χ1n) is 8.82. The molecule has 0 saturated heterocycles. The molecular formula is C18H24N4O2S2. The summed E-state index contributed by atoms with van der Waals surface area (Å²) < 4.78 is 6.03. The topological polar surface area (TPSA) is 67.4 Å². The van der Waals surface area contributed by atoms with E-state index >= 15 is 0 Å². The summed E-state index contributed by atoms with van der Waals surface area (Å²) in [5.41, 5.74) is 1.12. The highest BCUT2D eigenvalue weighted by Crippen LogP contribution is 2.31. The molecule has 1 N–H and O–H groups in total. The standard InChI is InChI=1S/C18H24N4O2S2/c1-3-10-19-17-20-21-18(26-17)25-12-16(23)22(14-6-7-14)11-13-4-8-15(24-2)9-5-13/h4-5,8-9,14H,3,6-7,10-12H2,1-2H3,(H,19,20). The molecule has 1 amide bonds. The van der Waals surface area contributed by atoms with Crippen LogP contribution in [-0.2, 0) is 11.3 Å². The normalized spacial score (nSPS) is 13.5. The molecule has 140 valence electrons. The molecule has 1 saturated carbocycles. The minimum Gasteiger partial charge on any atom is -0.497 e. The van der Waals surface area contributed by atoms with E-state index in [9.17, 15) is 4.79 Å². The first kappa shape index (κ1) is 19.0. The zero-order valence-electron chi connectivity index (χ0n) is 15.1. The number of carbonyl (C=O) groups excluding carboxylic acids is 1. The zero-order chi connectivity index (χ0) is 18.4. The van der Waals surface area contributed by atoms with Gasteiger partial charge in [0.15, 0.2) is 4.34 Å². The van der Waals surface area contributed by atoms with Crippen LogP contribution in [-0.4, -0.2) is 46.5 Å². The fourth-order valence-electron chi connectivity index (χ4n) is 2.51. The van der Waals surface area contributed by atoms with Gasteiger partial charge in [0.2, 0.25) is 11.0 Å². The van der Waals surface area contributed by atoms with Crippen LogP contribution >= 0.6 is 23.1 Å². The van der Waals surface area contributed by atoms with E-state index in [-0.39, 0.29) is 5.91 Å². The van der Waals surface area contributed by atoms with Gasteiger partial charge in [-0.2, -0.15) is 0 Å². The maximum atomic E-state index is 12.7. The number of rotatable bonds is 10. The van der Waals surface area contributed by atoms with Crippen molar-refractivity contribution in [2.45, 2.75) is 43.1 Å². The fourth-order valence-corrected chi connectivity index (χ4v) is 4.18. The molecule has 0 unspecified atom stereocenters. The molecule has 1 fully saturated rings. The van der Waals surface area contributed by atoms with Gasteiger partial charge in [0, 0.05) is 19.1 Å². The number of hydrogen-bond acceptors (Lipinski definition) is 7. The van der Waals surface area contributed by atoms with Gasteiger partial charge in [-0.05, 0) is 37.0 Å². The van der Waals surface area contributed by atoms with E-state index in [4.69, 9.17) is 4.74 Å². The van der Waals surface area contributed by atoms with Crippen molar-refractivity contribution in [2.75, 3.05) is 24.7 Å². The van der Waals surface area contributed by atoms with Gasteiger partial charge in [-0.25, -0.2) is 0 Å². The molecule has 0 radical (unpaired) electrons. The van der Waals surface area contributed by atoms with Crippen molar-refractivity contribution in [1.82, 2.24) is 15.1 Å². The number of ether oxygens (including phenoxy) is 1. The summed E-state index contributed by atoms with van der Waals surface area (Å²) in [5, 5.41) is 12.3. The lowest BCUT2D eigenvalue weighted by molar-refractivity contribution is -0.129. The van der Waals surface area contributed by atoms with Gasteiger partial charge in [0.05, 0.1) is 12.9 Å². The quantitative estimate of drug-likeness (QED) is 0.623. The summed E-state index contributed by atoms with van der Waals surface area (Å²) in [7, 11) is 1.66. The number of thioether (sulfide) groups is 1. The Kier molecular flexibility index (Phi) is 6.73. The number of carbonyl (C=O) groups is 1. The predicted molar refractivity (Wildman–Crippen MR) is 106 cm³/mol. The SMILES string of the molecule is CCCNc1nnc(SCC(=O)N(Cc2ccc(OC)cc2)C2CC2)s1. The number of hydrogen-bond donors (Lipinski definition) is 1. The van der Waals surface area contributed by atoms with E-state index in [2.05, 4.69) is 22.4 Å². The van der Waals surface area contributed by atoms with E-state index < -0.39 is 0 Å². The molecule has 0 spiro atoms. The average molecular weight is 393 g/mol. The Hall–Kier alpha value is -1.80. The summed E-state index contributed by atoms with van der Waals surface area (Å²) >= 11 is 2.97. The highest BCUT2D eigenvalue weighted by Gasteiger charge is 2.32. The summed E-state index contributed by atoms with van der Waals surface area (Å²) in [5.74, 6) is 1.39. The monoisotopic (exact) mass is 392 g/mol. The lowest BCUT2D eigenvalue weighted by Crippen LogP contribution is -2.33. The van der Waals surface area contributed by atoms with Crippen LogP contribution in [0.25, 0.3) is 0 Å². The van der Waals surface area contributed by atoms with Crippen molar-refractivity contribution in [3.63, 3.8) is 0 Å². The third-order valence-corrected chi connectivity index (χ3v) is 6.07. The Labute approximate surface area is 162 Å². The third kappa shape index (κ3) is 5.35. The van der Waals surface area contributed by atoms with Crippen molar-refractivity contribution in [2.24, 2.45) is 0 Å². The second kappa shape index (κ2) is 9.23. The van der Waals surface area contributed by atoms with Crippen molar-refractivity contribution < 1.29 is 9.53 Å². The number of amides is 1. The molecule has 0 aliphatic heterocycles. The van der Waals surface area contributed by atoms with Crippen LogP contribution in [0.2, 0.25) is 0 Å². The number of nitrogens with zero attached hydrogens (tertiary/aromatic N) is 3. The van der Waals surface area contributed by atoms with Gasteiger partial charge >= 0.3 is 0 Å². The van der Waals surface area contributed by atoms with Crippen LogP contribution in [0.3, 0.4) is 0 Å². The first-order valence-corrected chi connectivity index (χ1v) is 10.6. The molecule has 1 aromatic heterocycles. The van der Waals surface area contributed by atoms with Gasteiger partial charge < -0.3 is 15.0 Å². The lowest BCUT2D eigenvalue weighted by Gasteiger charge is -2.22. The number of anilines is 1. The van der Waals surface area contributed by atoms with Crippen LogP contribution in [0.4, 0.5) is 5.13 Å². The highest BCUT2D eigenvalue weighted by molar-refractivity contribution is 8.01. The second-order valence-corrected chi connectivity index (χ2v) is 8.39. The minimum atomic E-state index is 0.159. The summed E-state index contributed by atoms with van der Waals surface area (Å²) in [6.45, 7) is 3.64. The molecule has 0 bridgehead atoms. The molecule has 3 rings (SSSR count). The van der Waals surface area contributed by atoms with E-state index in [0.29, 0.717) is 18.3 Å². The lowest BCUT2D eigenvalue weighted by atomic mass is 10.2. The van der Waals surface area contributed by atoms with Crippen LogP contribution in [0.5, 0.6) is 5.75 Å². The Morgan fingerprint density at radius 1 is 1.35 bits per heavy atom. The van der Waals surface area contributed by atoms with Gasteiger partial charge in [0.25, 0.3) is 0 Å². The zero-order valence-corrected chi connectivity index (χ0v) is 16.7. The number of aromatic nitrogens is 2. The van der Waals surface area contributed by atoms with Crippen molar-refractivity contribution in [3.05, 3.63) is 29.8 Å². The van der Waals surface area contributed by atoms with Crippen molar-refractivity contribution >= 4 is 34.1 Å². The molecule has 1 aliphatic rings. The molecule has 1 aromatic carbocycles. The number of benzene rings is 1. The number of nitrogens with one attached hydrogen (secondary N) is 1.